The van der Waals surface area contributed by atoms with Crippen LogP contribution in [0.25, 0.3) is 0 Å². The van der Waals surface area contributed by atoms with Gasteiger partial charge < -0.3 is 5.11 Å². The molecule has 0 aliphatic rings. The van der Waals surface area contributed by atoms with Crippen molar-refractivity contribution >= 4 is 0 Å². The van der Waals surface area contributed by atoms with Gasteiger partial charge in [-0.2, -0.15) is 0 Å². The predicted molar refractivity (Wildman–Crippen MR) is 95.5 cm³/mol. The highest BCUT2D eigenvalue weighted by molar-refractivity contribution is 5.06. The van der Waals surface area contributed by atoms with Crippen molar-refractivity contribution in [3.05, 3.63) is 47.6 Å². The van der Waals surface area contributed by atoms with Crippen LogP contribution in [0.5, 0.6) is 0 Å². The lowest BCUT2D eigenvalue weighted by molar-refractivity contribution is 0.103. The first-order chi connectivity index (χ1) is 9.76. The molecule has 0 aromatic rings. The topological polar surface area (TPSA) is 20.2 Å². The number of hydrogen-bond acceptors (Lipinski definition) is 1. The van der Waals surface area contributed by atoms with Crippen LogP contribution in [0.1, 0.15) is 73.1 Å². The van der Waals surface area contributed by atoms with E-state index in [9.17, 15) is 5.11 Å². The first-order valence-corrected chi connectivity index (χ1v) is 8.07. The van der Waals surface area contributed by atoms with Crippen LogP contribution in [0.4, 0.5) is 0 Å². The van der Waals surface area contributed by atoms with Gasteiger partial charge in [0.15, 0.2) is 0 Å². The Bertz CT molecular complexity index is 390. The summed E-state index contributed by atoms with van der Waals surface area (Å²) in [6, 6.07) is 0. The molecule has 0 heterocycles. The fourth-order valence-electron chi connectivity index (χ4n) is 2.05. The minimum absolute atomic E-state index is 0.738. The predicted octanol–water partition coefficient (Wildman–Crippen LogP) is 6.12. The van der Waals surface area contributed by atoms with Gasteiger partial charge >= 0.3 is 0 Å². The molecular weight excluding hydrogens is 256 g/mol. The minimum atomic E-state index is -0.738. The molecule has 0 aliphatic carbocycles. The maximum atomic E-state index is 9.84. The largest absolute Gasteiger partial charge is 0.386 e. The summed E-state index contributed by atoms with van der Waals surface area (Å²) in [4.78, 5) is 0. The molecule has 0 saturated heterocycles. The zero-order chi connectivity index (χ0) is 16.3. The third kappa shape index (κ3) is 12.4. The molecule has 1 nitrogen and oxygen atoms in total. The Balaban J connectivity index is 3.99. The van der Waals surface area contributed by atoms with E-state index < -0.39 is 5.60 Å². The molecule has 21 heavy (non-hydrogen) atoms. The van der Waals surface area contributed by atoms with Crippen LogP contribution >= 0.6 is 0 Å². The van der Waals surface area contributed by atoms with E-state index in [4.69, 9.17) is 0 Å². The third-order valence-electron chi connectivity index (χ3n) is 3.71. The standard InChI is InChI=1S/C20H34O/c1-7-20(6,21)16-10-15-19(5)14-9-13-18(4)12-8-11-17(2)3/h7,11,13,15,21H,1,8-10,12,14,16H2,2-6H3/b18-13+,19-15+. The first-order valence-electron chi connectivity index (χ1n) is 8.07. The monoisotopic (exact) mass is 290 g/mol. The van der Waals surface area contributed by atoms with Crippen LogP contribution < -0.4 is 0 Å². The maximum Gasteiger partial charge on any atom is 0.0800 e. The molecule has 120 valence electrons. The van der Waals surface area contributed by atoms with Crippen molar-refractivity contribution in [3.8, 4) is 0 Å². The number of rotatable bonds is 10. The van der Waals surface area contributed by atoms with E-state index in [1.54, 1.807) is 6.08 Å². The lowest BCUT2D eigenvalue weighted by atomic mass is 9.99. The zero-order valence-corrected chi connectivity index (χ0v) is 14.7. The number of hydrogen-bond donors (Lipinski definition) is 1. The lowest BCUT2D eigenvalue weighted by Crippen LogP contribution is -2.19. The second-order valence-electron chi connectivity index (χ2n) is 6.56. The van der Waals surface area contributed by atoms with Gasteiger partial charge in [0.25, 0.3) is 0 Å². The summed E-state index contributed by atoms with van der Waals surface area (Å²) in [5.41, 5.74) is 3.55. The average Bonchev–Trinajstić information content (AvgIpc) is 2.38. The van der Waals surface area contributed by atoms with Gasteiger partial charge in [-0.25, -0.2) is 0 Å². The van der Waals surface area contributed by atoms with Crippen molar-refractivity contribution in [1.29, 1.82) is 0 Å². The van der Waals surface area contributed by atoms with Gasteiger partial charge in [0.2, 0.25) is 0 Å². The molecule has 1 N–H and O–H groups in total. The van der Waals surface area contributed by atoms with Crippen molar-refractivity contribution < 1.29 is 5.11 Å². The van der Waals surface area contributed by atoms with Crippen LogP contribution in [-0.4, -0.2) is 10.7 Å². The fourth-order valence-corrected chi connectivity index (χ4v) is 2.05. The second kappa shape index (κ2) is 10.6. The van der Waals surface area contributed by atoms with E-state index in [1.165, 1.54) is 16.7 Å². The van der Waals surface area contributed by atoms with Gasteiger partial charge in [-0.3, -0.25) is 0 Å². The van der Waals surface area contributed by atoms with Gasteiger partial charge in [0, 0.05) is 0 Å². The van der Waals surface area contributed by atoms with Crippen LogP contribution in [0.15, 0.2) is 47.6 Å². The number of aliphatic hydroxyl groups is 1. The van der Waals surface area contributed by atoms with E-state index >= 15 is 0 Å². The maximum absolute atomic E-state index is 9.84. The summed E-state index contributed by atoms with van der Waals surface area (Å²) in [6.45, 7) is 14.2. The molecule has 0 aliphatic heterocycles. The molecule has 0 fully saturated rings. The van der Waals surface area contributed by atoms with Crippen molar-refractivity contribution in [2.45, 2.75) is 78.7 Å². The second-order valence-corrected chi connectivity index (χ2v) is 6.56. The highest BCUT2D eigenvalue weighted by Gasteiger charge is 2.13. The molecule has 1 unspecified atom stereocenters. The Morgan fingerprint density at radius 2 is 1.38 bits per heavy atom. The summed E-state index contributed by atoms with van der Waals surface area (Å²) in [5, 5.41) is 9.84. The van der Waals surface area contributed by atoms with E-state index in [-0.39, 0.29) is 0 Å². The molecule has 0 spiro atoms. The highest BCUT2D eigenvalue weighted by atomic mass is 16.3. The highest BCUT2D eigenvalue weighted by Crippen LogP contribution is 2.16. The quantitative estimate of drug-likeness (QED) is 0.480. The molecule has 1 atom stereocenters. The van der Waals surface area contributed by atoms with Gasteiger partial charge in [0.1, 0.15) is 0 Å². The van der Waals surface area contributed by atoms with Gasteiger partial charge in [0.05, 0.1) is 5.60 Å². The normalized spacial score (nSPS) is 15.5. The summed E-state index contributed by atoms with van der Waals surface area (Å²) < 4.78 is 0. The Hall–Kier alpha value is -1.08. The van der Waals surface area contributed by atoms with Crippen molar-refractivity contribution in [1.82, 2.24) is 0 Å². The van der Waals surface area contributed by atoms with E-state index in [0.717, 1.165) is 38.5 Å². The summed E-state index contributed by atoms with van der Waals surface area (Å²) in [5.74, 6) is 0. The van der Waals surface area contributed by atoms with Crippen molar-refractivity contribution in [2.75, 3.05) is 0 Å². The van der Waals surface area contributed by atoms with Gasteiger partial charge in [-0.1, -0.05) is 41.0 Å². The molecule has 0 bridgehead atoms. The third-order valence-corrected chi connectivity index (χ3v) is 3.71. The van der Waals surface area contributed by atoms with Crippen LogP contribution in [0.2, 0.25) is 0 Å². The lowest BCUT2D eigenvalue weighted by Gasteiger charge is -2.16. The fraction of sp³-hybridized carbons (Fsp3) is 0.600. The Kier molecular flexibility index (Phi) is 10.1. The summed E-state index contributed by atoms with van der Waals surface area (Å²) in [7, 11) is 0. The van der Waals surface area contributed by atoms with Gasteiger partial charge in [-0.15, -0.1) is 6.58 Å². The van der Waals surface area contributed by atoms with Crippen LogP contribution in [0, 0.1) is 0 Å². The Labute approximate surface area is 132 Å². The van der Waals surface area contributed by atoms with Crippen LogP contribution in [0.3, 0.4) is 0 Å². The van der Waals surface area contributed by atoms with E-state index in [2.05, 4.69) is 52.5 Å². The van der Waals surface area contributed by atoms with Crippen molar-refractivity contribution in [3.63, 3.8) is 0 Å². The molecule has 0 aromatic carbocycles. The molecule has 1 heteroatoms. The average molecular weight is 290 g/mol. The van der Waals surface area contributed by atoms with E-state index in [1.807, 2.05) is 6.92 Å². The minimum Gasteiger partial charge on any atom is -0.386 e. The molecule has 0 aromatic heterocycles. The zero-order valence-electron chi connectivity index (χ0n) is 14.7. The summed E-state index contributed by atoms with van der Waals surface area (Å²) in [6.07, 6.45) is 14.7. The molecule has 0 amide bonds. The molecule has 0 saturated carbocycles. The smallest absolute Gasteiger partial charge is 0.0800 e. The Morgan fingerprint density at radius 1 is 0.905 bits per heavy atom. The van der Waals surface area contributed by atoms with Crippen molar-refractivity contribution in [2.24, 2.45) is 0 Å². The summed E-state index contributed by atoms with van der Waals surface area (Å²) >= 11 is 0. The molecular formula is C20H34O. The Morgan fingerprint density at radius 3 is 1.86 bits per heavy atom. The first kappa shape index (κ1) is 19.9. The molecule has 0 radical (unpaired) electrons. The molecule has 0 rings (SSSR count). The SMILES string of the molecule is C=CC(C)(O)CC/C=C(\C)CC/C=C(\C)CCC=C(C)C. The van der Waals surface area contributed by atoms with Gasteiger partial charge in [-0.05, 0) is 73.1 Å². The van der Waals surface area contributed by atoms with Crippen LogP contribution in [-0.2, 0) is 0 Å². The number of allylic oxidation sites excluding steroid dienone is 6. The van der Waals surface area contributed by atoms with E-state index in [0.29, 0.717) is 0 Å².